The Kier molecular flexibility index (Phi) is 6.76. The minimum Gasteiger partial charge on any atom is -0.476 e. The van der Waals surface area contributed by atoms with Crippen LogP contribution >= 0.6 is 11.3 Å². The van der Waals surface area contributed by atoms with Crippen LogP contribution in [0.2, 0.25) is 0 Å². The maximum absolute atomic E-state index is 11.7. The number of rotatable bonds is 7. The van der Waals surface area contributed by atoms with Crippen molar-refractivity contribution in [1.29, 1.82) is 0 Å². The number of carboxylic acids is 1. The number of aromatic nitrogens is 1. The first kappa shape index (κ1) is 17.6. The lowest BCUT2D eigenvalue weighted by atomic mass is 10.3. The van der Waals surface area contributed by atoms with Crippen molar-refractivity contribution in [3.8, 4) is 0 Å². The minimum atomic E-state index is -1.09. The van der Waals surface area contributed by atoms with E-state index in [2.05, 4.69) is 15.6 Å². The van der Waals surface area contributed by atoms with Crippen LogP contribution in [0, 0.1) is 0 Å². The molecule has 0 saturated carbocycles. The third kappa shape index (κ3) is 5.80. The highest BCUT2D eigenvalue weighted by molar-refractivity contribution is 7.84. The van der Waals surface area contributed by atoms with Gasteiger partial charge in [0.2, 0.25) is 0 Å². The Morgan fingerprint density at radius 1 is 1.48 bits per heavy atom. The second-order valence-electron chi connectivity index (χ2n) is 4.60. The fraction of sp³-hybridized carbons (Fsp3) is 0.583. The van der Waals surface area contributed by atoms with Gasteiger partial charge in [-0.25, -0.2) is 14.6 Å². The van der Waals surface area contributed by atoms with Crippen LogP contribution in [-0.2, 0) is 10.8 Å². The molecule has 0 aromatic carbocycles. The summed E-state index contributed by atoms with van der Waals surface area (Å²) in [6.45, 7) is 4.02. The summed E-state index contributed by atoms with van der Waals surface area (Å²) in [5, 5.41) is 16.1. The molecule has 3 N–H and O–H groups in total. The first-order valence-electron chi connectivity index (χ1n) is 6.36. The van der Waals surface area contributed by atoms with E-state index in [1.807, 2.05) is 6.92 Å². The molecule has 1 rings (SSSR count). The van der Waals surface area contributed by atoms with E-state index in [9.17, 15) is 13.8 Å². The van der Waals surface area contributed by atoms with Crippen LogP contribution < -0.4 is 10.6 Å². The van der Waals surface area contributed by atoms with Gasteiger partial charge in [-0.1, -0.05) is 6.92 Å². The minimum absolute atomic E-state index is 0.0247. The Hall–Kier alpha value is -1.48. The second kappa shape index (κ2) is 8.08. The number of carbonyl (C=O) groups excluding carboxylic acids is 1. The monoisotopic (exact) mass is 333 g/mol. The van der Waals surface area contributed by atoms with Crippen molar-refractivity contribution in [2.75, 3.05) is 12.8 Å². The van der Waals surface area contributed by atoms with Gasteiger partial charge in [-0.2, -0.15) is 0 Å². The van der Waals surface area contributed by atoms with Crippen molar-refractivity contribution in [3.63, 3.8) is 0 Å². The molecule has 1 aromatic rings. The Morgan fingerprint density at radius 2 is 2.14 bits per heavy atom. The maximum Gasteiger partial charge on any atom is 0.355 e. The predicted molar refractivity (Wildman–Crippen MR) is 82.2 cm³/mol. The number of nitrogens with one attached hydrogen (secondary N) is 2. The van der Waals surface area contributed by atoms with Gasteiger partial charge >= 0.3 is 12.0 Å². The third-order valence-corrected chi connectivity index (χ3v) is 5.26. The van der Waals surface area contributed by atoms with Crippen molar-refractivity contribution < 1.29 is 18.9 Å². The summed E-state index contributed by atoms with van der Waals surface area (Å²) in [6.07, 6.45) is 2.26. The number of carbonyl (C=O) groups is 2. The van der Waals surface area contributed by atoms with Gasteiger partial charge in [0.05, 0.1) is 6.04 Å². The van der Waals surface area contributed by atoms with E-state index in [1.54, 1.807) is 13.2 Å². The van der Waals surface area contributed by atoms with Gasteiger partial charge in [0.1, 0.15) is 5.01 Å². The van der Waals surface area contributed by atoms with E-state index in [1.165, 1.54) is 16.7 Å². The number of hydrogen-bond donors (Lipinski definition) is 3. The number of aromatic carboxylic acids is 1. The maximum atomic E-state index is 11.7. The molecule has 9 heteroatoms. The van der Waals surface area contributed by atoms with Gasteiger partial charge in [-0.15, -0.1) is 11.3 Å². The van der Waals surface area contributed by atoms with Crippen LogP contribution in [0.15, 0.2) is 5.38 Å². The van der Waals surface area contributed by atoms with Crippen LogP contribution in [0.25, 0.3) is 0 Å². The lowest BCUT2D eigenvalue weighted by molar-refractivity contribution is 0.0691. The molecular weight excluding hydrogens is 314 g/mol. The summed E-state index contributed by atoms with van der Waals surface area (Å²) >= 11 is 1.19. The average Bonchev–Trinajstić information content (AvgIpc) is 2.88. The highest BCUT2D eigenvalue weighted by Gasteiger charge is 2.16. The summed E-state index contributed by atoms with van der Waals surface area (Å²) in [6, 6.07) is -0.732. The third-order valence-electron chi connectivity index (χ3n) is 2.86. The molecule has 0 fully saturated rings. The molecule has 1 heterocycles. The highest BCUT2D eigenvalue weighted by Crippen LogP contribution is 2.17. The van der Waals surface area contributed by atoms with Crippen molar-refractivity contribution >= 4 is 34.1 Å². The van der Waals surface area contributed by atoms with Crippen molar-refractivity contribution in [3.05, 3.63) is 16.1 Å². The van der Waals surface area contributed by atoms with Crippen molar-refractivity contribution in [2.45, 2.75) is 31.6 Å². The molecular formula is C12H19N3O4S2. The van der Waals surface area contributed by atoms with Gasteiger partial charge in [-0.05, 0) is 13.3 Å². The molecule has 2 amide bonds. The number of nitrogens with zero attached hydrogens (tertiary/aromatic N) is 1. The standard InChI is InChI=1S/C12H19N3O4S2/c1-7(21(3)19)4-5-13-12(18)14-8(2)10-15-9(6-20-10)11(16)17/h6-8H,4-5H2,1-3H3,(H,16,17)(H2,13,14,18). The van der Waals surface area contributed by atoms with Gasteiger partial charge in [0.15, 0.2) is 5.69 Å². The van der Waals surface area contributed by atoms with E-state index < -0.39 is 16.8 Å². The van der Waals surface area contributed by atoms with E-state index in [0.717, 1.165) is 0 Å². The molecule has 3 atom stereocenters. The van der Waals surface area contributed by atoms with E-state index in [4.69, 9.17) is 5.11 Å². The molecule has 0 radical (unpaired) electrons. The Morgan fingerprint density at radius 3 is 2.67 bits per heavy atom. The van der Waals surface area contributed by atoms with Gasteiger partial charge in [0.25, 0.3) is 0 Å². The zero-order valence-corrected chi connectivity index (χ0v) is 13.7. The first-order chi connectivity index (χ1) is 9.81. The second-order valence-corrected chi connectivity index (χ2v) is 7.29. The Labute approximate surface area is 129 Å². The summed E-state index contributed by atoms with van der Waals surface area (Å²) in [5.74, 6) is -1.09. The normalized spacial score (nSPS) is 15.0. The molecule has 0 aliphatic rings. The summed E-state index contributed by atoms with van der Waals surface area (Å²) < 4.78 is 11.2. The lowest BCUT2D eigenvalue weighted by Gasteiger charge is -2.13. The molecule has 7 nitrogen and oxygen atoms in total. The quantitative estimate of drug-likeness (QED) is 0.698. The van der Waals surface area contributed by atoms with E-state index in [-0.39, 0.29) is 23.0 Å². The number of carboxylic acid groups (broad SMARTS) is 1. The fourth-order valence-electron chi connectivity index (χ4n) is 1.45. The molecule has 21 heavy (non-hydrogen) atoms. The molecule has 1 aromatic heterocycles. The molecule has 0 spiro atoms. The SMILES string of the molecule is CC(NC(=O)NCCC(C)S(C)=O)c1nc(C(=O)O)cs1. The van der Waals surface area contributed by atoms with Crippen LogP contribution in [-0.4, -0.2) is 44.4 Å². The highest BCUT2D eigenvalue weighted by atomic mass is 32.2. The number of urea groups is 1. The van der Waals surface area contributed by atoms with Crippen LogP contribution in [0.4, 0.5) is 4.79 Å². The molecule has 0 saturated heterocycles. The number of hydrogen-bond acceptors (Lipinski definition) is 5. The Bertz CT molecular complexity index is 532. The zero-order valence-electron chi connectivity index (χ0n) is 12.1. The largest absolute Gasteiger partial charge is 0.476 e. The molecule has 0 aliphatic carbocycles. The molecule has 0 bridgehead atoms. The predicted octanol–water partition coefficient (Wildman–Crippen LogP) is 1.36. The van der Waals surface area contributed by atoms with Crippen molar-refractivity contribution in [2.24, 2.45) is 0 Å². The smallest absolute Gasteiger partial charge is 0.355 e. The summed E-state index contributed by atoms with van der Waals surface area (Å²) in [5.41, 5.74) is -0.0247. The van der Waals surface area contributed by atoms with Gasteiger partial charge in [-0.3, -0.25) is 4.21 Å². The number of amides is 2. The van der Waals surface area contributed by atoms with Crippen molar-refractivity contribution in [1.82, 2.24) is 15.6 Å². The number of thiazole rings is 1. The van der Waals surface area contributed by atoms with E-state index in [0.29, 0.717) is 18.0 Å². The Balaban J connectivity index is 2.39. The average molecular weight is 333 g/mol. The zero-order chi connectivity index (χ0) is 16.0. The lowest BCUT2D eigenvalue weighted by Crippen LogP contribution is -2.38. The van der Waals surface area contributed by atoms with E-state index >= 15 is 0 Å². The molecule has 3 unspecified atom stereocenters. The summed E-state index contributed by atoms with van der Waals surface area (Å²) in [4.78, 5) is 26.4. The van der Waals surface area contributed by atoms with Crippen LogP contribution in [0.1, 0.15) is 41.8 Å². The summed E-state index contributed by atoms with van der Waals surface area (Å²) in [7, 11) is -0.903. The molecule has 0 aliphatic heterocycles. The first-order valence-corrected chi connectivity index (χ1v) is 8.86. The molecule has 118 valence electrons. The van der Waals surface area contributed by atoms with Gasteiger partial charge < -0.3 is 15.7 Å². The van der Waals surface area contributed by atoms with Crippen LogP contribution in [0.3, 0.4) is 0 Å². The topological polar surface area (TPSA) is 108 Å². The fourth-order valence-corrected chi connectivity index (χ4v) is 2.70. The van der Waals surface area contributed by atoms with Crippen LogP contribution in [0.5, 0.6) is 0 Å². The van der Waals surface area contributed by atoms with Gasteiger partial charge in [0, 0.05) is 34.2 Å².